The summed E-state index contributed by atoms with van der Waals surface area (Å²) in [6, 6.07) is 14.6. The zero-order chi connectivity index (χ0) is 22.8. The number of ether oxygens (including phenoxy) is 2. The number of hydrogen-bond acceptors (Lipinski definition) is 6. The van der Waals surface area contributed by atoms with Crippen LogP contribution in [0, 0.1) is 25.2 Å². The fourth-order valence-electron chi connectivity index (χ4n) is 3.63. The summed E-state index contributed by atoms with van der Waals surface area (Å²) in [4.78, 5) is 12.5. The minimum absolute atomic E-state index is 0.0134. The van der Waals surface area contributed by atoms with Crippen LogP contribution in [0.15, 0.2) is 53.9 Å². The summed E-state index contributed by atoms with van der Waals surface area (Å²) in [5.74, 6) is -0.136. The van der Waals surface area contributed by atoms with Crippen molar-refractivity contribution in [3.05, 3.63) is 81.3 Å². The molecule has 1 aromatic heterocycles. The lowest BCUT2D eigenvalue weighted by atomic mass is 9.83. The first-order valence-electron chi connectivity index (χ1n) is 9.79. The number of H-pyrrole nitrogens is 1. The van der Waals surface area contributed by atoms with E-state index < -0.39 is 5.92 Å². The summed E-state index contributed by atoms with van der Waals surface area (Å²) in [7, 11) is 0. The second-order valence-corrected chi connectivity index (χ2v) is 7.69. The lowest BCUT2D eigenvalue weighted by Crippen LogP contribution is -2.23. The molecule has 1 aliphatic rings. The summed E-state index contributed by atoms with van der Waals surface area (Å²) in [6.07, 6.45) is 0. The van der Waals surface area contributed by atoms with Crippen molar-refractivity contribution in [2.45, 2.75) is 19.8 Å². The maximum atomic E-state index is 12.5. The third-order valence-electron chi connectivity index (χ3n) is 5.26. The highest BCUT2D eigenvalue weighted by Gasteiger charge is 2.35. The highest BCUT2D eigenvalue weighted by molar-refractivity contribution is 6.31. The van der Waals surface area contributed by atoms with E-state index in [4.69, 9.17) is 26.8 Å². The van der Waals surface area contributed by atoms with Gasteiger partial charge in [0.25, 0.3) is 5.91 Å². The number of halogens is 1. The van der Waals surface area contributed by atoms with Crippen LogP contribution >= 0.6 is 11.6 Å². The van der Waals surface area contributed by atoms with Gasteiger partial charge >= 0.3 is 0 Å². The molecule has 8 nitrogen and oxygen atoms in total. The Morgan fingerprint density at radius 2 is 2.09 bits per heavy atom. The number of anilines is 1. The fourth-order valence-corrected chi connectivity index (χ4v) is 3.81. The van der Waals surface area contributed by atoms with Gasteiger partial charge in [0.15, 0.2) is 6.61 Å². The van der Waals surface area contributed by atoms with Crippen LogP contribution < -0.4 is 20.5 Å². The number of carbonyl (C=O) groups excluding carboxylic acids is 1. The van der Waals surface area contributed by atoms with Crippen molar-refractivity contribution in [1.29, 1.82) is 5.26 Å². The van der Waals surface area contributed by atoms with Gasteiger partial charge in [0.05, 0.1) is 5.92 Å². The van der Waals surface area contributed by atoms with Crippen LogP contribution in [-0.2, 0) is 4.79 Å². The predicted octanol–water partition coefficient (Wildman–Crippen LogP) is 3.92. The number of nitrogens with two attached hydrogens (primary N) is 1. The van der Waals surface area contributed by atoms with E-state index in [0.29, 0.717) is 33.5 Å². The molecule has 32 heavy (non-hydrogen) atoms. The van der Waals surface area contributed by atoms with E-state index in [2.05, 4.69) is 21.6 Å². The predicted molar refractivity (Wildman–Crippen MR) is 119 cm³/mol. The van der Waals surface area contributed by atoms with Crippen molar-refractivity contribution < 1.29 is 14.3 Å². The molecule has 1 atom stereocenters. The second-order valence-electron chi connectivity index (χ2n) is 7.28. The average molecular weight is 450 g/mol. The van der Waals surface area contributed by atoms with Crippen molar-refractivity contribution in [1.82, 2.24) is 10.2 Å². The lowest BCUT2D eigenvalue weighted by molar-refractivity contribution is -0.118. The molecular formula is C23H20ClN5O3. The van der Waals surface area contributed by atoms with Gasteiger partial charge in [-0.05, 0) is 37.6 Å². The van der Waals surface area contributed by atoms with Crippen molar-refractivity contribution in [3.8, 4) is 17.7 Å². The molecule has 0 bridgehead atoms. The van der Waals surface area contributed by atoms with Crippen LogP contribution in [0.2, 0.25) is 5.02 Å². The number of carbonyl (C=O) groups is 1. The third kappa shape index (κ3) is 3.86. The lowest BCUT2D eigenvalue weighted by Gasteiger charge is -2.25. The summed E-state index contributed by atoms with van der Waals surface area (Å²) < 4.78 is 11.4. The van der Waals surface area contributed by atoms with Gasteiger partial charge in [0, 0.05) is 27.5 Å². The number of nitrogens with zero attached hydrogens (tertiary/aromatic N) is 2. The van der Waals surface area contributed by atoms with E-state index in [1.165, 1.54) is 0 Å². The van der Waals surface area contributed by atoms with Crippen molar-refractivity contribution in [3.63, 3.8) is 0 Å². The number of nitriles is 1. The van der Waals surface area contributed by atoms with Gasteiger partial charge in [-0.15, -0.1) is 5.10 Å². The van der Waals surface area contributed by atoms with Gasteiger partial charge in [0.1, 0.15) is 17.4 Å². The minimum Gasteiger partial charge on any atom is -0.483 e. The number of benzene rings is 2. The van der Waals surface area contributed by atoms with E-state index in [9.17, 15) is 10.1 Å². The molecule has 0 fully saturated rings. The molecule has 3 aromatic rings. The summed E-state index contributed by atoms with van der Waals surface area (Å²) >= 11 is 6.12. The van der Waals surface area contributed by atoms with Crippen LogP contribution in [0.1, 0.15) is 28.3 Å². The molecule has 4 N–H and O–H groups in total. The smallest absolute Gasteiger partial charge is 0.262 e. The maximum absolute atomic E-state index is 12.5. The zero-order valence-electron chi connectivity index (χ0n) is 17.4. The van der Waals surface area contributed by atoms with Crippen LogP contribution in [0.5, 0.6) is 11.6 Å². The molecule has 162 valence electrons. The quantitative estimate of drug-likeness (QED) is 0.542. The van der Waals surface area contributed by atoms with Crippen LogP contribution in [0.4, 0.5) is 5.69 Å². The van der Waals surface area contributed by atoms with Crippen molar-refractivity contribution in [2.75, 3.05) is 11.9 Å². The zero-order valence-corrected chi connectivity index (χ0v) is 18.2. The summed E-state index contributed by atoms with van der Waals surface area (Å²) in [5.41, 5.74) is 9.74. The summed E-state index contributed by atoms with van der Waals surface area (Å²) in [5, 5.41) is 20.1. The number of fused-ring (bicyclic) bond motifs is 1. The molecule has 0 spiro atoms. The monoisotopic (exact) mass is 449 g/mol. The number of aryl methyl sites for hydroxylation is 1. The van der Waals surface area contributed by atoms with Crippen LogP contribution in [0.3, 0.4) is 0 Å². The number of nitrogens with one attached hydrogen (secondary N) is 2. The Morgan fingerprint density at radius 1 is 1.31 bits per heavy atom. The molecule has 1 amide bonds. The molecule has 0 radical (unpaired) electrons. The van der Waals surface area contributed by atoms with Gasteiger partial charge in [0.2, 0.25) is 11.8 Å². The number of allylic oxidation sites excluding steroid dienone is 1. The Bertz CT molecular complexity index is 1270. The number of rotatable bonds is 5. The number of aromatic nitrogens is 2. The van der Waals surface area contributed by atoms with Gasteiger partial charge in [-0.3, -0.25) is 9.89 Å². The first kappa shape index (κ1) is 21.3. The molecule has 1 aliphatic heterocycles. The van der Waals surface area contributed by atoms with E-state index in [1.54, 1.807) is 30.3 Å². The minimum atomic E-state index is -0.545. The number of aromatic amines is 1. The maximum Gasteiger partial charge on any atom is 0.262 e. The normalized spacial score (nSPS) is 14.9. The second kappa shape index (κ2) is 8.65. The first-order valence-corrected chi connectivity index (χ1v) is 10.2. The fraction of sp³-hybridized carbons (Fsp3) is 0.174. The molecule has 9 heteroatoms. The van der Waals surface area contributed by atoms with Gasteiger partial charge in [-0.2, -0.15) is 5.26 Å². The van der Waals surface area contributed by atoms with Crippen LogP contribution in [0.25, 0.3) is 0 Å². The molecular weight excluding hydrogens is 430 g/mol. The highest BCUT2D eigenvalue weighted by atomic mass is 35.5. The largest absolute Gasteiger partial charge is 0.483 e. The number of amides is 1. The Hall–Kier alpha value is -3.96. The Labute approximate surface area is 189 Å². The average Bonchev–Trinajstić information content (AvgIpc) is 3.14. The molecule has 4 rings (SSSR count). The molecule has 1 unspecified atom stereocenters. The van der Waals surface area contributed by atoms with Crippen molar-refractivity contribution >= 4 is 23.2 Å². The molecule has 0 saturated carbocycles. The van der Waals surface area contributed by atoms with Gasteiger partial charge in [-0.25, -0.2) is 0 Å². The standard InChI is InChI=1S/C23H20ClN5O3/c1-12-16(24)7-5-8-17(12)27-19(30)11-31-18-9-4-3-6-14(18)21-15(10-25)22(26)32-23-20(21)13(2)28-29-23/h3-9,21H,11,26H2,1-2H3,(H,27,30)(H,28,29). The SMILES string of the molecule is Cc1[nH]nc2c1C(c1ccccc1OCC(=O)Nc1cccc(Cl)c1C)C(C#N)=C(N)O2. The Kier molecular flexibility index (Phi) is 5.75. The van der Waals surface area contributed by atoms with E-state index >= 15 is 0 Å². The molecule has 0 aliphatic carbocycles. The Morgan fingerprint density at radius 3 is 2.88 bits per heavy atom. The third-order valence-corrected chi connectivity index (χ3v) is 5.67. The Balaban J connectivity index is 1.61. The first-order chi connectivity index (χ1) is 15.4. The summed E-state index contributed by atoms with van der Waals surface area (Å²) in [6.45, 7) is 3.43. The molecule has 0 saturated heterocycles. The number of hydrogen-bond donors (Lipinski definition) is 3. The van der Waals surface area contributed by atoms with Gasteiger partial charge in [-0.1, -0.05) is 35.9 Å². The van der Waals surface area contributed by atoms with Crippen molar-refractivity contribution in [2.24, 2.45) is 5.73 Å². The molecule has 2 aromatic carbocycles. The molecule has 2 heterocycles. The number of para-hydroxylation sites is 1. The van der Waals surface area contributed by atoms with E-state index in [0.717, 1.165) is 11.3 Å². The van der Waals surface area contributed by atoms with Gasteiger partial charge < -0.3 is 20.5 Å². The van der Waals surface area contributed by atoms with E-state index in [-0.39, 0.29) is 24.0 Å². The van der Waals surface area contributed by atoms with Crippen LogP contribution in [-0.4, -0.2) is 22.7 Å². The topological polar surface area (TPSA) is 126 Å². The highest BCUT2D eigenvalue weighted by Crippen LogP contribution is 2.45. The van der Waals surface area contributed by atoms with E-state index in [1.807, 2.05) is 26.0 Å².